The van der Waals surface area contributed by atoms with Gasteiger partial charge in [0.05, 0.1) is 20.0 Å². The highest BCUT2D eigenvalue weighted by molar-refractivity contribution is 5.90. The highest BCUT2D eigenvalue weighted by Crippen LogP contribution is 2.43. The molecule has 0 saturated carbocycles. The van der Waals surface area contributed by atoms with Crippen molar-refractivity contribution in [1.82, 2.24) is 0 Å². The topological polar surface area (TPSA) is 189 Å². The smallest absolute Gasteiger partial charge is 0.306 e. The molecule has 2 aromatic rings. The Bertz CT molecular complexity index is 970. The second-order valence-electron chi connectivity index (χ2n) is 7.79. The number of ether oxygens (including phenoxy) is 4. The van der Waals surface area contributed by atoms with Gasteiger partial charge in [-0.25, -0.2) is 0 Å². The molecule has 0 radical (unpaired) electrons. The molecule has 0 aliphatic carbocycles. The summed E-state index contributed by atoms with van der Waals surface area (Å²) < 4.78 is 27.3. The molecule has 34 heavy (non-hydrogen) atoms. The summed E-state index contributed by atoms with van der Waals surface area (Å²) in [4.78, 5) is 12.0. The van der Waals surface area contributed by atoms with Gasteiger partial charge in [-0.05, 0) is 31.4 Å². The fourth-order valence-electron chi connectivity index (χ4n) is 3.84. The van der Waals surface area contributed by atoms with Crippen LogP contribution in [0.3, 0.4) is 0 Å². The normalized spacial score (nSPS) is 25.0. The van der Waals surface area contributed by atoms with Crippen molar-refractivity contribution in [3.05, 3.63) is 23.5 Å². The lowest BCUT2D eigenvalue weighted by Crippen LogP contribution is -2.62. The van der Waals surface area contributed by atoms with Gasteiger partial charge in [0.15, 0.2) is 17.6 Å². The molecular formula is C22H30O12. The molecule has 6 N–H and O–H groups in total. The highest BCUT2D eigenvalue weighted by atomic mass is 16.7. The lowest BCUT2D eigenvalue weighted by molar-refractivity contribution is -0.310. The zero-order chi connectivity index (χ0) is 25.0. The van der Waals surface area contributed by atoms with E-state index in [1.807, 2.05) is 0 Å². The molecule has 0 bridgehead atoms. The largest absolute Gasteiger partial charge is 0.490 e. The van der Waals surface area contributed by atoms with Crippen molar-refractivity contribution in [2.45, 2.75) is 63.2 Å². The molecule has 1 saturated heterocycles. The van der Waals surface area contributed by atoms with Crippen molar-refractivity contribution in [3.63, 3.8) is 0 Å². The van der Waals surface area contributed by atoms with Gasteiger partial charge in [-0.2, -0.15) is 0 Å². The zero-order valence-corrected chi connectivity index (χ0v) is 18.8. The Morgan fingerprint density at radius 1 is 1.09 bits per heavy atom. The summed E-state index contributed by atoms with van der Waals surface area (Å²) in [5.41, 5.74) is 1.40. The van der Waals surface area contributed by atoms with Crippen LogP contribution in [-0.2, 0) is 27.1 Å². The summed E-state index contributed by atoms with van der Waals surface area (Å²) >= 11 is 0. The van der Waals surface area contributed by atoms with E-state index in [1.165, 1.54) is 13.4 Å². The standard InChI is InChI=1S/C22H30O12/c1-3-31-13(24)5-4-10-8-12-11(6-7-23)9-32-18(12)20(30-2)17(10)33-22-16(27)14(25)15(26)19(34-22)21(28)29/h8-9,14-16,19,21-23,25-29H,3-7H2,1-2H3/t14-,15-,16+,19-,22+/m0/s1. The van der Waals surface area contributed by atoms with E-state index in [0.717, 1.165) is 0 Å². The average Bonchev–Trinajstić information content (AvgIpc) is 3.20. The van der Waals surface area contributed by atoms with Crippen molar-refractivity contribution >= 4 is 16.9 Å². The Hall–Kier alpha value is -2.45. The number of aliphatic hydroxyl groups excluding tert-OH is 5. The first-order chi connectivity index (χ1) is 16.2. The minimum atomic E-state index is -2.16. The summed E-state index contributed by atoms with van der Waals surface area (Å²) in [6.07, 6.45) is -8.94. The maximum Gasteiger partial charge on any atom is 0.306 e. The first kappa shape index (κ1) is 26.2. The van der Waals surface area contributed by atoms with Crippen LogP contribution in [-0.4, -0.2) is 93.9 Å². The van der Waals surface area contributed by atoms with E-state index in [2.05, 4.69) is 0 Å². The van der Waals surface area contributed by atoms with Crippen molar-refractivity contribution < 1.29 is 58.8 Å². The lowest BCUT2D eigenvalue weighted by Gasteiger charge is -2.41. The summed E-state index contributed by atoms with van der Waals surface area (Å²) in [5, 5.41) is 59.5. The first-order valence-corrected chi connectivity index (χ1v) is 10.8. The van der Waals surface area contributed by atoms with Gasteiger partial charge in [0.2, 0.25) is 12.0 Å². The van der Waals surface area contributed by atoms with Gasteiger partial charge in [0, 0.05) is 24.0 Å². The molecule has 3 rings (SSSR count). The molecule has 0 spiro atoms. The third-order valence-electron chi connectivity index (χ3n) is 5.56. The Balaban J connectivity index is 2.04. The Kier molecular flexibility index (Phi) is 8.71. The minimum absolute atomic E-state index is 0.0144. The van der Waals surface area contributed by atoms with Crippen LogP contribution in [0.1, 0.15) is 24.5 Å². The van der Waals surface area contributed by atoms with E-state index in [0.29, 0.717) is 22.9 Å². The number of carbonyl (C=O) groups excluding carboxylic acids is 1. The zero-order valence-electron chi connectivity index (χ0n) is 18.8. The van der Waals surface area contributed by atoms with Gasteiger partial charge >= 0.3 is 5.97 Å². The van der Waals surface area contributed by atoms with Crippen LogP contribution in [0.5, 0.6) is 11.5 Å². The van der Waals surface area contributed by atoms with E-state index >= 15 is 0 Å². The molecule has 12 heteroatoms. The number of rotatable bonds is 10. The van der Waals surface area contributed by atoms with Gasteiger partial charge in [-0.15, -0.1) is 0 Å². The van der Waals surface area contributed by atoms with Crippen molar-refractivity contribution in [2.75, 3.05) is 20.3 Å². The van der Waals surface area contributed by atoms with Gasteiger partial charge in [-0.3, -0.25) is 4.79 Å². The van der Waals surface area contributed by atoms with Crippen LogP contribution in [0.4, 0.5) is 0 Å². The number of esters is 1. The maximum absolute atomic E-state index is 12.0. The predicted octanol–water partition coefficient (Wildman–Crippen LogP) is -1.03. The van der Waals surface area contributed by atoms with Crippen molar-refractivity contribution in [1.29, 1.82) is 0 Å². The summed E-state index contributed by atoms with van der Waals surface area (Å²) in [6.45, 7) is 1.77. The average molecular weight is 486 g/mol. The highest BCUT2D eigenvalue weighted by Gasteiger charge is 2.48. The number of carbonyl (C=O) groups is 1. The number of benzene rings is 1. The van der Waals surface area contributed by atoms with Crippen molar-refractivity contribution in [3.8, 4) is 11.5 Å². The molecular weight excluding hydrogens is 456 g/mol. The maximum atomic E-state index is 12.0. The fourth-order valence-corrected chi connectivity index (χ4v) is 3.84. The van der Waals surface area contributed by atoms with Gasteiger partial charge in [0.25, 0.3) is 0 Å². The van der Waals surface area contributed by atoms with Crippen molar-refractivity contribution in [2.24, 2.45) is 0 Å². The second-order valence-corrected chi connectivity index (χ2v) is 7.79. The quantitative estimate of drug-likeness (QED) is 0.177. The lowest BCUT2D eigenvalue weighted by atomic mass is 9.98. The van der Waals surface area contributed by atoms with Crippen LogP contribution in [0.2, 0.25) is 0 Å². The summed E-state index contributed by atoms with van der Waals surface area (Å²) in [7, 11) is 1.35. The molecule has 1 aromatic carbocycles. The molecule has 0 unspecified atom stereocenters. The Morgan fingerprint density at radius 3 is 2.44 bits per heavy atom. The van der Waals surface area contributed by atoms with E-state index in [9.17, 15) is 35.4 Å². The molecule has 1 fully saturated rings. The Morgan fingerprint density at radius 2 is 1.82 bits per heavy atom. The molecule has 1 aromatic heterocycles. The van der Waals surface area contributed by atoms with Crippen LogP contribution in [0.15, 0.2) is 16.7 Å². The molecule has 5 atom stereocenters. The third kappa shape index (κ3) is 5.28. The van der Waals surface area contributed by atoms with E-state index in [4.69, 9.17) is 23.4 Å². The van der Waals surface area contributed by atoms with Gasteiger partial charge < -0.3 is 54.0 Å². The molecule has 190 valence electrons. The number of methoxy groups -OCH3 is 1. The minimum Gasteiger partial charge on any atom is -0.490 e. The summed E-state index contributed by atoms with van der Waals surface area (Å²) in [5.74, 6) is -0.340. The van der Waals surface area contributed by atoms with Crippen LogP contribution in [0, 0.1) is 0 Å². The molecule has 12 nitrogen and oxygen atoms in total. The van der Waals surface area contributed by atoms with E-state index in [1.54, 1.807) is 13.0 Å². The monoisotopic (exact) mass is 486 g/mol. The number of hydrogen-bond donors (Lipinski definition) is 6. The number of aliphatic hydroxyl groups is 6. The molecule has 1 aliphatic heterocycles. The number of fused-ring (bicyclic) bond motifs is 1. The third-order valence-corrected chi connectivity index (χ3v) is 5.56. The van der Waals surface area contributed by atoms with Crippen LogP contribution < -0.4 is 9.47 Å². The Labute approximate surface area is 194 Å². The summed E-state index contributed by atoms with van der Waals surface area (Å²) in [6, 6.07) is 1.68. The predicted molar refractivity (Wildman–Crippen MR) is 114 cm³/mol. The number of furan rings is 1. The van der Waals surface area contributed by atoms with E-state index < -0.39 is 43.0 Å². The SMILES string of the molecule is CCOC(=O)CCc1cc2c(CCO)coc2c(OC)c1O[C@@H]1O[C@H](C(O)O)[C@@H](O)[C@H](O)[C@H]1O. The van der Waals surface area contributed by atoms with Gasteiger partial charge in [0.1, 0.15) is 24.4 Å². The molecule has 0 amide bonds. The molecule has 2 heterocycles. The molecule has 1 aliphatic rings. The number of hydrogen-bond acceptors (Lipinski definition) is 12. The van der Waals surface area contributed by atoms with Crippen LogP contribution >= 0.6 is 0 Å². The van der Waals surface area contributed by atoms with Crippen LogP contribution in [0.25, 0.3) is 11.0 Å². The second kappa shape index (κ2) is 11.3. The number of aryl methyl sites for hydroxylation is 1. The first-order valence-electron chi connectivity index (χ1n) is 10.8. The van der Waals surface area contributed by atoms with Gasteiger partial charge in [-0.1, -0.05) is 0 Å². The fraction of sp³-hybridized carbons (Fsp3) is 0.591. The van der Waals surface area contributed by atoms with E-state index in [-0.39, 0.29) is 43.1 Å².